The van der Waals surface area contributed by atoms with Gasteiger partial charge in [-0.25, -0.2) is 9.97 Å². The number of para-hydroxylation sites is 2. The normalized spacial score (nSPS) is 11.1. The van der Waals surface area contributed by atoms with E-state index in [1.54, 1.807) is 12.5 Å². The Morgan fingerprint density at radius 2 is 1.76 bits per heavy atom. The van der Waals surface area contributed by atoms with Crippen molar-refractivity contribution in [3.05, 3.63) is 72.8 Å². The van der Waals surface area contributed by atoms with Crippen LogP contribution in [0.25, 0.3) is 22.7 Å². The van der Waals surface area contributed by atoms with Gasteiger partial charge < -0.3 is 0 Å². The first-order valence-electron chi connectivity index (χ1n) is 6.86. The Kier molecular flexibility index (Phi) is 2.60. The molecule has 2 heterocycles. The van der Waals surface area contributed by atoms with Gasteiger partial charge in [0.15, 0.2) is 0 Å². The average Bonchev–Trinajstić information content (AvgIpc) is 3.15. The molecule has 2 aromatic heterocycles. The largest absolute Gasteiger partial charge is 0.278 e. The van der Waals surface area contributed by atoms with E-state index in [2.05, 4.69) is 46.8 Å². The summed E-state index contributed by atoms with van der Waals surface area (Å²) in [5.41, 5.74) is 4.40. The van der Waals surface area contributed by atoms with Gasteiger partial charge in [0.05, 0.1) is 11.0 Å². The summed E-state index contributed by atoms with van der Waals surface area (Å²) in [7, 11) is 0. The second kappa shape index (κ2) is 4.59. The van der Waals surface area contributed by atoms with Crippen molar-refractivity contribution in [2.45, 2.75) is 6.92 Å². The van der Waals surface area contributed by atoms with Crippen molar-refractivity contribution in [1.29, 1.82) is 0 Å². The molecule has 0 aliphatic carbocycles. The molecule has 0 saturated heterocycles. The van der Waals surface area contributed by atoms with Gasteiger partial charge in [-0.05, 0) is 31.2 Å². The quantitative estimate of drug-likeness (QED) is 0.560. The average molecular weight is 274 g/mol. The maximum Gasteiger partial charge on any atom is 0.220 e. The van der Waals surface area contributed by atoms with Gasteiger partial charge >= 0.3 is 0 Å². The van der Waals surface area contributed by atoms with E-state index in [0.717, 1.165) is 22.7 Å². The molecule has 21 heavy (non-hydrogen) atoms. The molecule has 4 nitrogen and oxygen atoms in total. The van der Waals surface area contributed by atoms with E-state index in [4.69, 9.17) is 4.98 Å². The zero-order valence-electron chi connectivity index (χ0n) is 11.6. The monoisotopic (exact) mass is 274 g/mol. The Morgan fingerprint density at radius 1 is 0.952 bits per heavy atom. The summed E-state index contributed by atoms with van der Waals surface area (Å²) in [6.07, 6.45) is 5.44. The van der Waals surface area contributed by atoms with Gasteiger partial charge in [-0.2, -0.15) is 0 Å². The third-order valence-corrected chi connectivity index (χ3v) is 3.57. The molecule has 0 bridgehead atoms. The molecule has 0 aliphatic rings. The predicted octanol–water partition coefficient (Wildman–Crippen LogP) is 3.52. The number of fused-ring (bicyclic) bond motifs is 1. The summed E-state index contributed by atoms with van der Waals surface area (Å²) in [4.78, 5) is 8.87. The maximum atomic E-state index is 4.74. The standard InChI is InChI=1S/C17H14N4/c1-13-6-8-14(9-7-13)21-16-5-3-2-4-15(16)19-17(21)20-11-10-18-12-20/h2-12H,1H3. The van der Waals surface area contributed by atoms with Crippen LogP contribution in [0, 0.1) is 6.92 Å². The van der Waals surface area contributed by atoms with Crippen LogP contribution in [0.3, 0.4) is 0 Å². The van der Waals surface area contributed by atoms with Gasteiger partial charge in [-0.1, -0.05) is 29.8 Å². The molecule has 0 amide bonds. The van der Waals surface area contributed by atoms with Crippen molar-refractivity contribution < 1.29 is 0 Å². The topological polar surface area (TPSA) is 35.6 Å². The van der Waals surface area contributed by atoms with Crippen LogP contribution in [0.2, 0.25) is 0 Å². The molecule has 4 heteroatoms. The van der Waals surface area contributed by atoms with Gasteiger partial charge in [0.25, 0.3) is 0 Å². The Labute approximate surface area is 122 Å². The van der Waals surface area contributed by atoms with Crippen molar-refractivity contribution >= 4 is 11.0 Å². The minimum atomic E-state index is 0.845. The van der Waals surface area contributed by atoms with Crippen LogP contribution in [-0.2, 0) is 0 Å². The highest BCUT2D eigenvalue weighted by Gasteiger charge is 2.13. The number of aryl methyl sites for hydroxylation is 1. The fraction of sp³-hybridized carbons (Fsp3) is 0.0588. The summed E-state index contributed by atoms with van der Waals surface area (Å²) < 4.78 is 4.08. The predicted molar refractivity (Wildman–Crippen MR) is 82.9 cm³/mol. The third kappa shape index (κ3) is 1.92. The SMILES string of the molecule is Cc1ccc(-n2c(-n3ccnc3)nc3ccccc32)cc1. The summed E-state index contributed by atoms with van der Waals surface area (Å²) in [5, 5.41) is 0. The molecule has 0 radical (unpaired) electrons. The molecule has 0 spiro atoms. The van der Waals surface area contributed by atoms with Crippen molar-refractivity contribution in [2.75, 3.05) is 0 Å². The fourth-order valence-corrected chi connectivity index (χ4v) is 2.51. The van der Waals surface area contributed by atoms with Crippen LogP contribution >= 0.6 is 0 Å². The second-order valence-electron chi connectivity index (χ2n) is 5.04. The smallest absolute Gasteiger partial charge is 0.220 e. The zero-order chi connectivity index (χ0) is 14.2. The lowest BCUT2D eigenvalue weighted by Crippen LogP contribution is -2.03. The molecule has 4 rings (SSSR count). The number of nitrogens with zero attached hydrogens (tertiary/aromatic N) is 4. The molecule has 0 aliphatic heterocycles. The highest BCUT2D eigenvalue weighted by atomic mass is 15.3. The molecular weight excluding hydrogens is 260 g/mol. The molecule has 0 N–H and O–H groups in total. The fourth-order valence-electron chi connectivity index (χ4n) is 2.51. The van der Waals surface area contributed by atoms with E-state index in [-0.39, 0.29) is 0 Å². The molecule has 0 unspecified atom stereocenters. The summed E-state index contributed by atoms with van der Waals surface area (Å²) in [6, 6.07) is 16.6. The highest BCUT2D eigenvalue weighted by molar-refractivity contribution is 5.79. The van der Waals surface area contributed by atoms with E-state index in [1.165, 1.54) is 5.56 Å². The van der Waals surface area contributed by atoms with Crippen LogP contribution in [-0.4, -0.2) is 19.1 Å². The summed E-state index contributed by atoms with van der Waals surface area (Å²) >= 11 is 0. The van der Waals surface area contributed by atoms with E-state index in [0.29, 0.717) is 0 Å². The lowest BCUT2D eigenvalue weighted by molar-refractivity contribution is 0.902. The number of hydrogen-bond acceptors (Lipinski definition) is 2. The van der Waals surface area contributed by atoms with Crippen molar-refractivity contribution in [3.8, 4) is 11.6 Å². The molecule has 4 aromatic rings. The number of aromatic nitrogens is 4. The van der Waals surface area contributed by atoms with Gasteiger partial charge in [0.2, 0.25) is 5.95 Å². The first-order valence-corrected chi connectivity index (χ1v) is 6.86. The lowest BCUT2D eigenvalue weighted by atomic mass is 10.2. The van der Waals surface area contributed by atoms with Crippen LogP contribution in [0.15, 0.2) is 67.3 Å². The Hall–Kier alpha value is -2.88. The number of benzene rings is 2. The Morgan fingerprint density at radius 3 is 2.52 bits per heavy atom. The van der Waals surface area contributed by atoms with Crippen molar-refractivity contribution in [2.24, 2.45) is 0 Å². The van der Waals surface area contributed by atoms with Crippen LogP contribution in [0.5, 0.6) is 0 Å². The summed E-state index contributed by atoms with van der Waals surface area (Å²) in [6.45, 7) is 2.09. The first kappa shape index (κ1) is 11.9. The van der Waals surface area contributed by atoms with Crippen LogP contribution in [0.4, 0.5) is 0 Å². The van der Waals surface area contributed by atoms with E-state index in [1.807, 2.05) is 29.0 Å². The van der Waals surface area contributed by atoms with Gasteiger partial charge in [0, 0.05) is 18.1 Å². The molecule has 0 fully saturated rings. The number of rotatable bonds is 2. The summed E-state index contributed by atoms with van der Waals surface area (Å²) in [5.74, 6) is 0.845. The van der Waals surface area contributed by atoms with Crippen LogP contribution in [0.1, 0.15) is 5.56 Å². The van der Waals surface area contributed by atoms with Gasteiger partial charge in [0.1, 0.15) is 6.33 Å². The van der Waals surface area contributed by atoms with E-state index in [9.17, 15) is 0 Å². The molecule has 0 saturated carbocycles. The first-order chi connectivity index (χ1) is 10.3. The zero-order valence-corrected chi connectivity index (χ0v) is 11.6. The molecule has 102 valence electrons. The highest BCUT2D eigenvalue weighted by Crippen LogP contribution is 2.23. The second-order valence-corrected chi connectivity index (χ2v) is 5.04. The minimum absolute atomic E-state index is 0.845. The van der Waals surface area contributed by atoms with Crippen molar-refractivity contribution in [3.63, 3.8) is 0 Å². The Balaban J connectivity index is 2.05. The minimum Gasteiger partial charge on any atom is -0.278 e. The molecule has 2 aromatic carbocycles. The lowest BCUT2D eigenvalue weighted by Gasteiger charge is -2.09. The van der Waals surface area contributed by atoms with E-state index >= 15 is 0 Å². The number of hydrogen-bond donors (Lipinski definition) is 0. The van der Waals surface area contributed by atoms with Crippen LogP contribution < -0.4 is 0 Å². The van der Waals surface area contributed by atoms with Crippen molar-refractivity contribution in [1.82, 2.24) is 19.1 Å². The number of imidazole rings is 2. The van der Waals surface area contributed by atoms with Gasteiger partial charge in [-0.3, -0.25) is 9.13 Å². The third-order valence-electron chi connectivity index (χ3n) is 3.57. The van der Waals surface area contributed by atoms with E-state index < -0.39 is 0 Å². The molecule has 0 atom stereocenters. The maximum absolute atomic E-state index is 4.74. The van der Waals surface area contributed by atoms with Gasteiger partial charge in [-0.15, -0.1) is 0 Å². The molecular formula is C17H14N4. The Bertz CT molecular complexity index is 886.